The summed E-state index contributed by atoms with van der Waals surface area (Å²) in [6.45, 7) is 3.32. The summed E-state index contributed by atoms with van der Waals surface area (Å²) in [6, 6.07) is 0. The molecule has 1 saturated heterocycles. The molecule has 1 unspecified atom stereocenters. The van der Waals surface area contributed by atoms with E-state index in [9.17, 15) is 13.2 Å². The van der Waals surface area contributed by atoms with Gasteiger partial charge in [0.2, 0.25) is 0 Å². The first kappa shape index (κ1) is 14.4. The molecule has 1 atom stereocenters. The SMILES string of the molecule is CC1CCCN(S(=O)(=O)NCCCC(=O)O)C1. The van der Waals surface area contributed by atoms with Gasteiger partial charge in [-0.05, 0) is 25.2 Å². The quantitative estimate of drug-likeness (QED) is 0.681. The predicted octanol–water partition coefficient (Wildman–Crippen LogP) is 0.417. The van der Waals surface area contributed by atoms with Gasteiger partial charge < -0.3 is 5.11 Å². The van der Waals surface area contributed by atoms with Crippen molar-refractivity contribution < 1.29 is 18.3 Å². The molecule has 0 radical (unpaired) electrons. The third kappa shape index (κ3) is 5.01. The van der Waals surface area contributed by atoms with Crippen LogP contribution in [0.4, 0.5) is 0 Å². The van der Waals surface area contributed by atoms with E-state index in [4.69, 9.17) is 5.11 Å². The monoisotopic (exact) mass is 264 g/mol. The zero-order chi connectivity index (χ0) is 12.9. The third-order valence-corrected chi connectivity index (χ3v) is 4.39. The van der Waals surface area contributed by atoms with Crippen LogP contribution in [0, 0.1) is 5.92 Å². The van der Waals surface area contributed by atoms with Crippen molar-refractivity contribution in [1.29, 1.82) is 0 Å². The molecule has 100 valence electrons. The molecule has 2 N–H and O–H groups in total. The van der Waals surface area contributed by atoms with Crippen LogP contribution in [0.3, 0.4) is 0 Å². The fourth-order valence-electron chi connectivity index (χ4n) is 1.90. The van der Waals surface area contributed by atoms with Gasteiger partial charge in [0.15, 0.2) is 0 Å². The number of hydrogen-bond donors (Lipinski definition) is 2. The highest BCUT2D eigenvalue weighted by Gasteiger charge is 2.26. The van der Waals surface area contributed by atoms with Gasteiger partial charge in [0.25, 0.3) is 10.2 Å². The molecular weight excluding hydrogens is 244 g/mol. The first-order chi connectivity index (χ1) is 7.92. The summed E-state index contributed by atoms with van der Waals surface area (Å²) < 4.78 is 27.6. The maximum Gasteiger partial charge on any atom is 0.303 e. The molecule has 0 spiro atoms. The minimum absolute atomic E-state index is 0.0150. The Morgan fingerprint density at radius 2 is 2.24 bits per heavy atom. The van der Waals surface area contributed by atoms with Crippen LogP contribution in [0.2, 0.25) is 0 Å². The molecule has 17 heavy (non-hydrogen) atoms. The zero-order valence-electron chi connectivity index (χ0n) is 10.1. The van der Waals surface area contributed by atoms with E-state index in [2.05, 4.69) is 4.72 Å². The first-order valence-electron chi connectivity index (χ1n) is 5.88. The van der Waals surface area contributed by atoms with Crippen LogP contribution in [-0.2, 0) is 15.0 Å². The fraction of sp³-hybridized carbons (Fsp3) is 0.900. The molecule has 7 heteroatoms. The van der Waals surface area contributed by atoms with Crippen LogP contribution in [0.15, 0.2) is 0 Å². The summed E-state index contributed by atoms with van der Waals surface area (Å²) in [5.74, 6) is -0.518. The van der Waals surface area contributed by atoms with Crippen LogP contribution in [0.5, 0.6) is 0 Å². The van der Waals surface area contributed by atoms with Gasteiger partial charge in [-0.1, -0.05) is 6.92 Å². The molecule has 1 rings (SSSR count). The summed E-state index contributed by atoms with van der Waals surface area (Å²) in [4.78, 5) is 10.3. The van der Waals surface area contributed by atoms with E-state index in [0.29, 0.717) is 25.4 Å². The van der Waals surface area contributed by atoms with Gasteiger partial charge in [0, 0.05) is 26.1 Å². The van der Waals surface area contributed by atoms with Crippen molar-refractivity contribution in [3.8, 4) is 0 Å². The molecule has 0 amide bonds. The molecule has 0 aromatic heterocycles. The number of hydrogen-bond acceptors (Lipinski definition) is 3. The largest absolute Gasteiger partial charge is 0.481 e. The van der Waals surface area contributed by atoms with E-state index in [0.717, 1.165) is 12.8 Å². The second kappa shape index (κ2) is 6.32. The van der Waals surface area contributed by atoms with Crippen molar-refractivity contribution in [3.63, 3.8) is 0 Å². The average Bonchev–Trinajstić information content (AvgIpc) is 2.24. The molecular formula is C10H20N2O4S. The van der Waals surface area contributed by atoms with E-state index in [1.54, 1.807) is 0 Å². The predicted molar refractivity (Wildman–Crippen MR) is 63.8 cm³/mol. The number of nitrogens with zero attached hydrogens (tertiary/aromatic N) is 1. The summed E-state index contributed by atoms with van der Waals surface area (Å²) >= 11 is 0. The molecule has 1 aliphatic heterocycles. The smallest absolute Gasteiger partial charge is 0.303 e. The summed E-state index contributed by atoms with van der Waals surface area (Å²) in [5, 5.41) is 8.44. The van der Waals surface area contributed by atoms with Gasteiger partial charge in [-0.3, -0.25) is 4.79 Å². The molecule has 6 nitrogen and oxygen atoms in total. The van der Waals surface area contributed by atoms with Crippen LogP contribution in [0.1, 0.15) is 32.6 Å². The number of carboxylic acids is 1. The zero-order valence-corrected chi connectivity index (χ0v) is 10.9. The first-order valence-corrected chi connectivity index (χ1v) is 7.32. The molecule has 0 aromatic carbocycles. The number of rotatable bonds is 6. The Kier molecular flexibility index (Phi) is 5.35. The number of piperidine rings is 1. The minimum atomic E-state index is -3.42. The Balaban J connectivity index is 2.37. The summed E-state index contributed by atoms with van der Waals surface area (Å²) in [7, 11) is -3.42. The summed E-state index contributed by atoms with van der Waals surface area (Å²) in [5.41, 5.74) is 0. The second-order valence-corrected chi connectivity index (χ2v) is 6.26. The van der Waals surface area contributed by atoms with Gasteiger partial charge in [-0.25, -0.2) is 4.72 Å². The van der Waals surface area contributed by atoms with E-state index in [-0.39, 0.29) is 13.0 Å². The molecule has 0 saturated carbocycles. The highest BCUT2D eigenvalue weighted by Crippen LogP contribution is 2.17. The van der Waals surface area contributed by atoms with Gasteiger partial charge in [0.1, 0.15) is 0 Å². The van der Waals surface area contributed by atoms with Crippen molar-refractivity contribution in [2.24, 2.45) is 5.92 Å². The Hall–Kier alpha value is -0.660. The van der Waals surface area contributed by atoms with Crippen LogP contribution >= 0.6 is 0 Å². The van der Waals surface area contributed by atoms with Crippen molar-refractivity contribution in [1.82, 2.24) is 9.03 Å². The maximum atomic E-state index is 11.8. The maximum absolute atomic E-state index is 11.8. The Morgan fingerprint density at radius 3 is 2.82 bits per heavy atom. The number of aliphatic carboxylic acids is 1. The molecule has 0 bridgehead atoms. The Bertz CT molecular complexity index is 355. The molecule has 1 fully saturated rings. The summed E-state index contributed by atoms with van der Waals surface area (Å²) in [6.07, 6.45) is 2.25. The fourth-order valence-corrected chi connectivity index (χ4v) is 3.30. The second-order valence-electron chi connectivity index (χ2n) is 4.50. The number of carbonyl (C=O) groups is 1. The lowest BCUT2D eigenvalue weighted by Crippen LogP contribution is -2.45. The van der Waals surface area contributed by atoms with Crippen LogP contribution in [0.25, 0.3) is 0 Å². The third-order valence-electron chi connectivity index (χ3n) is 2.81. The van der Waals surface area contributed by atoms with Gasteiger partial charge >= 0.3 is 5.97 Å². The van der Waals surface area contributed by atoms with Gasteiger partial charge in [0.05, 0.1) is 0 Å². The number of carboxylic acid groups (broad SMARTS) is 1. The highest BCUT2D eigenvalue weighted by molar-refractivity contribution is 7.87. The lowest BCUT2D eigenvalue weighted by molar-refractivity contribution is -0.137. The average molecular weight is 264 g/mol. The molecule has 1 heterocycles. The minimum Gasteiger partial charge on any atom is -0.481 e. The molecule has 0 aliphatic carbocycles. The van der Waals surface area contributed by atoms with Crippen molar-refractivity contribution in [2.75, 3.05) is 19.6 Å². The lowest BCUT2D eigenvalue weighted by Gasteiger charge is -2.29. The Morgan fingerprint density at radius 1 is 1.53 bits per heavy atom. The van der Waals surface area contributed by atoms with Crippen molar-refractivity contribution in [3.05, 3.63) is 0 Å². The normalized spacial score (nSPS) is 22.5. The Labute approximate surface area is 102 Å². The van der Waals surface area contributed by atoms with E-state index in [1.807, 2.05) is 6.92 Å². The van der Waals surface area contributed by atoms with Crippen molar-refractivity contribution >= 4 is 16.2 Å². The topological polar surface area (TPSA) is 86.7 Å². The van der Waals surface area contributed by atoms with Crippen molar-refractivity contribution in [2.45, 2.75) is 32.6 Å². The standard InChI is InChI=1S/C10H20N2O4S/c1-9-4-3-7-12(8-9)17(15,16)11-6-2-5-10(13)14/h9,11H,2-8H2,1H3,(H,13,14). The van der Waals surface area contributed by atoms with E-state index in [1.165, 1.54) is 4.31 Å². The lowest BCUT2D eigenvalue weighted by atomic mass is 10.0. The van der Waals surface area contributed by atoms with Gasteiger partial charge in [-0.15, -0.1) is 0 Å². The molecule has 1 aliphatic rings. The number of nitrogens with one attached hydrogen (secondary N) is 1. The molecule has 0 aromatic rings. The van der Waals surface area contributed by atoms with Gasteiger partial charge in [-0.2, -0.15) is 12.7 Å². The van der Waals surface area contributed by atoms with Crippen LogP contribution in [-0.4, -0.2) is 43.4 Å². The van der Waals surface area contributed by atoms with E-state index < -0.39 is 16.2 Å². The highest BCUT2D eigenvalue weighted by atomic mass is 32.2. The van der Waals surface area contributed by atoms with E-state index >= 15 is 0 Å². The van der Waals surface area contributed by atoms with Crippen LogP contribution < -0.4 is 4.72 Å².